The van der Waals surface area contributed by atoms with Crippen LogP contribution >= 0.6 is 0 Å². The van der Waals surface area contributed by atoms with Gasteiger partial charge in [0.25, 0.3) is 0 Å². The summed E-state index contributed by atoms with van der Waals surface area (Å²) in [6.07, 6.45) is 11.5. The smallest absolute Gasteiger partial charge is 0.310 e. The highest BCUT2D eigenvalue weighted by molar-refractivity contribution is 6.77. The molecule has 1 atom stereocenters. The van der Waals surface area contributed by atoms with Crippen molar-refractivity contribution in [2.24, 2.45) is 0 Å². The maximum atomic E-state index is 11.5. The Labute approximate surface area is 176 Å². The monoisotopic (exact) mass is 410 g/mol. The molecule has 0 aromatic heterocycles. The fourth-order valence-corrected chi connectivity index (χ4v) is 9.86. The lowest BCUT2D eigenvalue weighted by Crippen LogP contribution is -2.49. The van der Waals surface area contributed by atoms with Crippen molar-refractivity contribution >= 4 is 14.3 Å². The van der Waals surface area contributed by atoms with Crippen LogP contribution in [0.4, 0.5) is 0 Å². The van der Waals surface area contributed by atoms with E-state index < -0.39 is 8.32 Å². The minimum atomic E-state index is -1.94. The molecule has 0 rings (SSSR count). The Balaban J connectivity index is 5.28. The van der Waals surface area contributed by atoms with Crippen LogP contribution < -0.4 is 0 Å². The van der Waals surface area contributed by atoms with E-state index in [1.54, 1.807) is 6.08 Å². The predicted molar refractivity (Wildman–Crippen MR) is 123 cm³/mol. The van der Waals surface area contributed by atoms with Gasteiger partial charge in [0.05, 0.1) is 19.1 Å². The fourth-order valence-electron chi connectivity index (χ4n) is 4.33. The van der Waals surface area contributed by atoms with Gasteiger partial charge >= 0.3 is 5.97 Å². The normalized spacial score (nSPS) is 13.0. The van der Waals surface area contributed by atoms with E-state index in [9.17, 15) is 4.79 Å². The number of carbonyl (C=O) groups excluding carboxylic acids is 1. The SMILES string of the molecule is CCCCCCC[C@@H](C=C=CCC(=O)OCC)O[Si](C(C)C)(C(C)C)C(C)C. The Morgan fingerprint density at radius 2 is 1.50 bits per heavy atom. The standard InChI is InChI=1S/C24H46O3Si/c1-9-11-12-13-14-17-23(18-15-16-19-24(25)26-10-2)27-28(20(3)4,21(5)6)22(7)8/h16,18,20-23H,9-14,17,19H2,1-8H3/t15?,23-/m0/s1. The first-order valence-electron chi connectivity index (χ1n) is 11.5. The van der Waals surface area contributed by atoms with E-state index in [-0.39, 0.29) is 18.5 Å². The third kappa shape index (κ3) is 9.58. The molecule has 0 N–H and O–H groups in total. The van der Waals surface area contributed by atoms with E-state index in [1.165, 1.54) is 32.1 Å². The molecule has 0 aliphatic carbocycles. The number of rotatable bonds is 15. The maximum Gasteiger partial charge on any atom is 0.310 e. The first kappa shape index (κ1) is 27.2. The second-order valence-electron chi connectivity index (χ2n) is 8.72. The molecule has 0 aliphatic rings. The molecule has 0 bridgehead atoms. The van der Waals surface area contributed by atoms with Crippen LogP contribution in [-0.4, -0.2) is 27.0 Å². The Kier molecular flexibility index (Phi) is 14.6. The minimum absolute atomic E-state index is 0.0824. The Hall–Kier alpha value is -0.833. The van der Waals surface area contributed by atoms with Gasteiger partial charge in [0.2, 0.25) is 8.32 Å². The van der Waals surface area contributed by atoms with Crippen molar-refractivity contribution in [1.82, 2.24) is 0 Å². The molecule has 0 spiro atoms. The molecule has 0 saturated carbocycles. The lowest BCUT2D eigenvalue weighted by Gasteiger charge is -2.44. The van der Waals surface area contributed by atoms with Gasteiger partial charge < -0.3 is 9.16 Å². The molecule has 0 amide bonds. The van der Waals surface area contributed by atoms with E-state index in [2.05, 4.69) is 54.2 Å². The third-order valence-electron chi connectivity index (χ3n) is 5.63. The van der Waals surface area contributed by atoms with Gasteiger partial charge in [-0.15, -0.1) is 5.73 Å². The molecule has 0 unspecified atom stereocenters. The molecule has 28 heavy (non-hydrogen) atoms. The van der Waals surface area contributed by atoms with Gasteiger partial charge in [0, 0.05) is 0 Å². The van der Waals surface area contributed by atoms with Crippen molar-refractivity contribution in [3.05, 3.63) is 17.9 Å². The van der Waals surface area contributed by atoms with Crippen LogP contribution in [0, 0.1) is 0 Å². The average molecular weight is 411 g/mol. The molecule has 3 nitrogen and oxygen atoms in total. The quantitative estimate of drug-likeness (QED) is 0.121. The molecule has 0 aromatic rings. The number of hydrogen-bond acceptors (Lipinski definition) is 3. The largest absolute Gasteiger partial charge is 0.466 e. The van der Waals surface area contributed by atoms with Crippen molar-refractivity contribution in [2.45, 2.75) is 123 Å². The number of unbranched alkanes of at least 4 members (excludes halogenated alkanes) is 4. The Morgan fingerprint density at radius 1 is 0.929 bits per heavy atom. The first-order chi connectivity index (χ1) is 13.2. The summed E-state index contributed by atoms with van der Waals surface area (Å²) in [4.78, 5) is 11.5. The summed E-state index contributed by atoms with van der Waals surface area (Å²) >= 11 is 0. The lowest BCUT2D eigenvalue weighted by atomic mass is 10.1. The average Bonchev–Trinajstić information content (AvgIpc) is 2.61. The zero-order chi connectivity index (χ0) is 21.6. The topological polar surface area (TPSA) is 35.5 Å². The second-order valence-corrected chi connectivity index (χ2v) is 14.1. The number of hydrogen-bond donors (Lipinski definition) is 0. The van der Waals surface area contributed by atoms with Crippen LogP contribution in [0.1, 0.15) is 100 Å². The molecule has 164 valence electrons. The second kappa shape index (κ2) is 15.1. The van der Waals surface area contributed by atoms with Crippen LogP contribution in [-0.2, 0) is 14.0 Å². The molecule has 0 radical (unpaired) electrons. The van der Waals surface area contributed by atoms with Gasteiger partial charge in [-0.1, -0.05) is 80.6 Å². The van der Waals surface area contributed by atoms with Gasteiger partial charge in [0.15, 0.2) is 0 Å². The number of carbonyl (C=O) groups is 1. The molecule has 0 aromatic carbocycles. The number of ether oxygens (including phenoxy) is 1. The zero-order valence-electron chi connectivity index (χ0n) is 19.8. The maximum absolute atomic E-state index is 11.5. The molecule has 0 fully saturated rings. The lowest BCUT2D eigenvalue weighted by molar-refractivity contribution is -0.142. The van der Waals surface area contributed by atoms with Gasteiger partial charge in [0.1, 0.15) is 0 Å². The summed E-state index contributed by atoms with van der Waals surface area (Å²) in [5.41, 5.74) is 4.90. The summed E-state index contributed by atoms with van der Waals surface area (Å²) in [5.74, 6) is -0.198. The Bertz CT molecular complexity index is 454. The van der Waals surface area contributed by atoms with Crippen LogP contribution in [0.15, 0.2) is 17.9 Å². The molecule has 4 heteroatoms. The van der Waals surface area contributed by atoms with Gasteiger partial charge in [-0.2, -0.15) is 0 Å². The fraction of sp³-hybridized carbons (Fsp3) is 0.833. The summed E-state index contributed by atoms with van der Waals surface area (Å²) in [6, 6.07) is 0. The van der Waals surface area contributed by atoms with E-state index in [0.717, 1.165) is 6.42 Å². The van der Waals surface area contributed by atoms with Crippen molar-refractivity contribution < 1.29 is 14.0 Å². The van der Waals surface area contributed by atoms with E-state index >= 15 is 0 Å². The third-order valence-corrected chi connectivity index (χ3v) is 11.8. The van der Waals surface area contributed by atoms with Crippen molar-refractivity contribution in [2.75, 3.05) is 6.61 Å². The zero-order valence-corrected chi connectivity index (χ0v) is 20.8. The van der Waals surface area contributed by atoms with Crippen molar-refractivity contribution in [3.63, 3.8) is 0 Å². The summed E-state index contributed by atoms with van der Waals surface area (Å²) < 4.78 is 11.9. The van der Waals surface area contributed by atoms with Crippen molar-refractivity contribution in [1.29, 1.82) is 0 Å². The van der Waals surface area contributed by atoms with E-state index in [4.69, 9.17) is 9.16 Å². The van der Waals surface area contributed by atoms with Crippen molar-refractivity contribution in [3.8, 4) is 0 Å². The van der Waals surface area contributed by atoms with Gasteiger partial charge in [-0.05, 0) is 42.1 Å². The first-order valence-corrected chi connectivity index (χ1v) is 13.6. The highest BCUT2D eigenvalue weighted by atomic mass is 28.4. The highest BCUT2D eigenvalue weighted by Crippen LogP contribution is 2.43. The molecule has 0 aliphatic heterocycles. The van der Waals surface area contributed by atoms with E-state index in [1.807, 2.05) is 13.0 Å². The molecular formula is C24H46O3Si. The van der Waals surface area contributed by atoms with Crippen LogP contribution in [0.2, 0.25) is 16.6 Å². The predicted octanol–water partition coefficient (Wildman–Crippen LogP) is 7.57. The minimum Gasteiger partial charge on any atom is -0.466 e. The molecule has 0 heterocycles. The summed E-state index contributed by atoms with van der Waals surface area (Å²) in [6.45, 7) is 18.4. The molecule has 0 saturated heterocycles. The Morgan fingerprint density at radius 3 is 2.00 bits per heavy atom. The number of esters is 1. The molecular weight excluding hydrogens is 364 g/mol. The summed E-state index contributed by atoms with van der Waals surface area (Å²) in [5, 5.41) is 0. The van der Waals surface area contributed by atoms with Crippen LogP contribution in [0.3, 0.4) is 0 Å². The van der Waals surface area contributed by atoms with Gasteiger partial charge in [-0.3, -0.25) is 4.79 Å². The van der Waals surface area contributed by atoms with E-state index in [0.29, 0.717) is 23.2 Å². The van der Waals surface area contributed by atoms with Crippen LogP contribution in [0.25, 0.3) is 0 Å². The van der Waals surface area contributed by atoms with Crippen LogP contribution in [0.5, 0.6) is 0 Å². The van der Waals surface area contributed by atoms with Gasteiger partial charge in [-0.25, -0.2) is 0 Å². The summed E-state index contributed by atoms with van der Waals surface area (Å²) in [7, 11) is -1.94. The highest BCUT2D eigenvalue weighted by Gasteiger charge is 2.46.